The zero-order chi connectivity index (χ0) is 3.58. The Morgan fingerprint density at radius 3 is 1.14 bits per heavy atom. The molecule has 0 fully saturated rings. The van der Waals surface area contributed by atoms with Crippen LogP contribution < -0.4 is 67.5 Å². The summed E-state index contributed by atoms with van der Waals surface area (Å²) < 4.78 is 25.6. The molecule has 0 amide bonds. The Kier molecular flexibility index (Phi) is 51.3. The zero-order valence-corrected chi connectivity index (χ0v) is 11.5. The predicted octanol–water partition coefficient (Wildman–Crippen LogP) is -9.25. The second kappa shape index (κ2) is 15.9. The van der Waals surface area contributed by atoms with E-state index in [2.05, 4.69) is 0 Å². The van der Waals surface area contributed by atoms with Gasteiger partial charge in [0, 0.05) is 17.1 Å². The molecule has 32 valence electrons. The first-order valence-corrected chi connectivity index (χ1v) is 2.60. The Labute approximate surface area is 101 Å². The number of hydrogen-bond donors (Lipinski definition) is 0. The SMILES string of the molecule is O=[Se]([O-])[O-].[Na+].[Na+].[Se]. The van der Waals surface area contributed by atoms with Gasteiger partial charge in [-0.2, -0.15) is 0 Å². The van der Waals surface area contributed by atoms with Crippen LogP contribution in [0.25, 0.3) is 0 Å². The van der Waals surface area contributed by atoms with Crippen molar-refractivity contribution < 1.29 is 71.3 Å². The van der Waals surface area contributed by atoms with Crippen molar-refractivity contribution in [3.8, 4) is 0 Å². The van der Waals surface area contributed by atoms with Crippen molar-refractivity contribution in [2.75, 3.05) is 0 Å². The molecular formula is Na2O3Se2. The van der Waals surface area contributed by atoms with E-state index in [0.717, 1.165) is 0 Å². The smallest absolute Gasteiger partial charge is 0 e. The topological polar surface area (TPSA) is 63.2 Å². The van der Waals surface area contributed by atoms with Crippen LogP contribution in [0.1, 0.15) is 0 Å². The molecular weight excluding hydrogens is 252 g/mol. The molecule has 2 radical (unpaired) electrons. The van der Waals surface area contributed by atoms with Crippen molar-refractivity contribution in [3.05, 3.63) is 0 Å². The Bertz CT molecular complexity index is 33.9. The standard InChI is InChI=1S/2Na.H2O3Se.Se/c;;1-4(2)3;/h;;(H2,1,2,3);/q2*+1;;/p-2. The molecule has 0 aliphatic rings. The molecule has 0 bridgehead atoms. The first kappa shape index (κ1) is 22.6. The van der Waals surface area contributed by atoms with E-state index in [1.165, 1.54) is 0 Å². The molecule has 0 rings (SSSR count). The Morgan fingerprint density at radius 2 is 1.14 bits per heavy atom. The van der Waals surface area contributed by atoms with E-state index in [9.17, 15) is 0 Å². The minimum Gasteiger partial charge on any atom is 0 e. The third-order valence-electron chi connectivity index (χ3n) is 0. The van der Waals surface area contributed by atoms with E-state index in [0.29, 0.717) is 0 Å². The third-order valence-corrected chi connectivity index (χ3v) is 0. The van der Waals surface area contributed by atoms with Gasteiger partial charge >= 0.3 is 85.8 Å². The Morgan fingerprint density at radius 1 is 1.14 bits per heavy atom. The maximum absolute atomic E-state index is 8.54. The van der Waals surface area contributed by atoms with Crippen LogP contribution in [0.3, 0.4) is 0 Å². The van der Waals surface area contributed by atoms with E-state index in [1.54, 1.807) is 0 Å². The summed E-state index contributed by atoms with van der Waals surface area (Å²) in [5.74, 6) is 0. The van der Waals surface area contributed by atoms with Crippen molar-refractivity contribution in [1.82, 2.24) is 0 Å². The molecule has 7 heteroatoms. The van der Waals surface area contributed by atoms with Crippen LogP contribution in [0.5, 0.6) is 0 Å². The molecule has 0 aromatic heterocycles. The fourth-order valence-corrected chi connectivity index (χ4v) is 0. The fraction of sp³-hybridized carbons (Fsp3) is 0. The van der Waals surface area contributed by atoms with Crippen molar-refractivity contribution in [3.63, 3.8) is 0 Å². The van der Waals surface area contributed by atoms with Crippen LogP contribution in [0, 0.1) is 0 Å². The Balaban J connectivity index is -0.0000000150. The van der Waals surface area contributed by atoms with Gasteiger partial charge in [0.25, 0.3) is 0 Å². The largest absolute Gasteiger partial charge is 1.00 e. The third kappa shape index (κ3) is 52.6. The van der Waals surface area contributed by atoms with Gasteiger partial charge in [-0.05, 0) is 0 Å². The van der Waals surface area contributed by atoms with Gasteiger partial charge in [-0.1, -0.05) is 0 Å². The average molecular weight is 252 g/mol. The van der Waals surface area contributed by atoms with Gasteiger partial charge in [0.2, 0.25) is 0 Å². The summed E-state index contributed by atoms with van der Waals surface area (Å²) in [4.78, 5) is 0. The molecule has 3 nitrogen and oxygen atoms in total. The van der Waals surface area contributed by atoms with Crippen LogP contribution in [-0.2, 0) is 3.83 Å². The van der Waals surface area contributed by atoms with Crippen molar-refractivity contribution >= 4 is 31.6 Å². The van der Waals surface area contributed by atoms with Gasteiger partial charge in [0.15, 0.2) is 0 Å². The summed E-state index contributed by atoms with van der Waals surface area (Å²) in [5, 5.41) is 0. The molecule has 0 aromatic carbocycles. The normalized spacial score (nSPS) is 5.00. The molecule has 0 spiro atoms. The first-order chi connectivity index (χ1) is 1.73. The van der Waals surface area contributed by atoms with E-state index < -0.39 is 14.5 Å². The molecule has 0 atom stereocenters. The molecule has 0 saturated carbocycles. The van der Waals surface area contributed by atoms with Gasteiger partial charge in [-0.15, -0.1) is 0 Å². The Hall–Kier alpha value is 2.76. The van der Waals surface area contributed by atoms with Crippen molar-refractivity contribution in [1.29, 1.82) is 0 Å². The molecule has 7 heavy (non-hydrogen) atoms. The van der Waals surface area contributed by atoms with Crippen LogP contribution in [0.4, 0.5) is 0 Å². The van der Waals surface area contributed by atoms with Gasteiger partial charge in [-0.3, -0.25) is 0 Å². The quantitative estimate of drug-likeness (QED) is 0.402. The first-order valence-electron chi connectivity index (χ1n) is 0.500. The average Bonchev–Trinajstić information content (AvgIpc) is 0.811. The molecule has 0 unspecified atom stereocenters. The van der Waals surface area contributed by atoms with Crippen molar-refractivity contribution in [2.24, 2.45) is 0 Å². The van der Waals surface area contributed by atoms with Crippen LogP contribution in [0.2, 0.25) is 0 Å². The van der Waals surface area contributed by atoms with Gasteiger partial charge in [0.05, 0.1) is 0 Å². The summed E-state index contributed by atoms with van der Waals surface area (Å²) in [6, 6.07) is 0. The van der Waals surface area contributed by atoms with E-state index in [1.807, 2.05) is 0 Å². The molecule has 0 aromatic rings. The molecule has 0 aliphatic heterocycles. The van der Waals surface area contributed by atoms with Gasteiger partial charge < -0.3 is 0 Å². The summed E-state index contributed by atoms with van der Waals surface area (Å²) in [6.07, 6.45) is 0. The van der Waals surface area contributed by atoms with Crippen LogP contribution in [0.15, 0.2) is 0 Å². The molecule has 0 heterocycles. The van der Waals surface area contributed by atoms with Gasteiger partial charge in [-0.25, -0.2) is 0 Å². The minimum atomic E-state index is -3.79. The molecule has 0 N–H and O–H groups in total. The summed E-state index contributed by atoms with van der Waals surface area (Å²) in [7, 11) is 0. The second-order valence-electron chi connectivity index (χ2n) is 0.204. The van der Waals surface area contributed by atoms with E-state index in [4.69, 9.17) is 12.2 Å². The summed E-state index contributed by atoms with van der Waals surface area (Å²) in [6.45, 7) is 0. The molecule has 0 saturated heterocycles. The second-order valence-corrected chi connectivity index (χ2v) is 1.06. The number of rotatable bonds is 0. The maximum atomic E-state index is 8.54. The minimum absolute atomic E-state index is 0. The summed E-state index contributed by atoms with van der Waals surface area (Å²) >= 11 is -3.79. The van der Waals surface area contributed by atoms with Crippen LogP contribution >= 0.6 is 0 Å². The van der Waals surface area contributed by atoms with E-state index >= 15 is 0 Å². The predicted molar refractivity (Wildman–Crippen MR) is 12.2 cm³/mol. The fourth-order valence-electron chi connectivity index (χ4n) is 0. The molecule has 0 aliphatic carbocycles. The number of hydrogen-bond acceptors (Lipinski definition) is 3. The van der Waals surface area contributed by atoms with Crippen LogP contribution in [-0.4, -0.2) is 31.6 Å². The van der Waals surface area contributed by atoms with E-state index in [-0.39, 0.29) is 76.2 Å². The summed E-state index contributed by atoms with van der Waals surface area (Å²) in [5.41, 5.74) is 0. The zero-order valence-electron chi connectivity index (χ0n) is 4.04. The maximum Gasteiger partial charge on any atom is 1.00 e. The monoisotopic (exact) mass is 254 g/mol. The van der Waals surface area contributed by atoms with Gasteiger partial charge in [0.1, 0.15) is 0 Å². The van der Waals surface area contributed by atoms with Crippen molar-refractivity contribution in [2.45, 2.75) is 0 Å².